The van der Waals surface area contributed by atoms with Gasteiger partial charge in [-0.25, -0.2) is 0 Å². The van der Waals surface area contributed by atoms with Gasteiger partial charge in [-0.3, -0.25) is 14.4 Å². The number of hydrogen-bond donors (Lipinski definition) is 16. The Bertz CT molecular complexity index is 2650. The van der Waals surface area contributed by atoms with E-state index in [9.17, 15) is 85.9 Å². The Hall–Kier alpha value is -2.91. The van der Waals surface area contributed by atoms with Gasteiger partial charge in [0.1, 0.15) is 116 Å². The largest absolute Gasteiger partial charge is 0.394 e. The molecule has 5 aliphatic heterocycles. The van der Waals surface area contributed by atoms with E-state index in [2.05, 4.69) is 31.4 Å². The molecule has 30 nitrogen and oxygen atoms in total. The molecule has 0 unspecified atom stereocenters. The zero-order chi connectivity index (χ0) is 68.3. The van der Waals surface area contributed by atoms with Gasteiger partial charge in [0.25, 0.3) is 0 Å². The molecule has 0 radical (unpaired) electrons. The second kappa shape index (κ2) is 29.5. The van der Waals surface area contributed by atoms with E-state index >= 15 is 0 Å². The maximum atomic E-state index is 13.6. The molecular formula is C63H102N2O28. The lowest BCUT2D eigenvalue weighted by atomic mass is 9.42. The van der Waals surface area contributed by atoms with Crippen LogP contribution in [0.25, 0.3) is 0 Å². The Morgan fingerprint density at radius 1 is 0.613 bits per heavy atom. The molecule has 0 aromatic carbocycles. The first kappa shape index (κ1) is 74.3. The quantitative estimate of drug-likeness (QED) is 0.0296. The van der Waals surface area contributed by atoms with Crippen LogP contribution in [0.4, 0.5) is 0 Å². The van der Waals surface area contributed by atoms with E-state index in [1.807, 2.05) is 27.7 Å². The normalized spacial score (nSPS) is 47.7. The lowest BCUT2D eigenvalue weighted by Crippen LogP contribution is -2.69. The monoisotopic (exact) mass is 1330 g/mol. The summed E-state index contributed by atoms with van der Waals surface area (Å²) in [5.74, 6) is -1.36. The van der Waals surface area contributed by atoms with Gasteiger partial charge in [-0.15, -0.1) is 0 Å². The number of fused-ring (bicyclic) bond motifs is 4. The second-order valence-electron chi connectivity index (χ2n) is 28.6. The van der Waals surface area contributed by atoms with Crippen molar-refractivity contribution in [3.63, 3.8) is 0 Å². The molecule has 4 aliphatic carbocycles. The summed E-state index contributed by atoms with van der Waals surface area (Å²) < 4.78 is 68.0. The third kappa shape index (κ3) is 14.2. The van der Waals surface area contributed by atoms with Crippen molar-refractivity contribution in [2.45, 2.75) is 279 Å². The van der Waals surface area contributed by atoms with E-state index < -0.39 is 215 Å². The predicted octanol–water partition coefficient (Wildman–Crippen LogP) is -3.94. The van der Waals surface area contributed by atoms with Crippen molar-refractivity contribution >= 4 is 17.6 Å². The molecule has 0 spiro atoms. The van der Waals surface area contributed by atoms with Crippen molar-refractivity contribution in [2.24, 2.45) is 34.0 Å². The minimum Gasteiger partial charge on any atom is -0.394 e. The van der Waals surface area contributed by atoms with Crippen LogP contribution in [0, 0.1) is 34.0 Å². The van der Waals surface area contributed by atoms with Gasteiger partial charge in [0, 0.05) is 32.8 Å². The minimum absolute atomic E-state index is 0.0467. The molecule has 5 saturated heterocycles. The van der Waals surface area contributed by atoms with E-state index in [0.717, 1.165) is 30.6 Å². The number of aliphatic hydroxyl groups excluding tert-OH is 13. The van der Waals surface area contributed by atoms with Crippen LogP contribution < -0.4 is 10.6 Å². The van der Waals surface area contributed by atoms with Crippen LogP contribution in [0.3, 0.4) is 0 Å². The Balaban J connectivity index is 1.00. The van der Waals surface area contributed by atoms with Crippen molar-refractivity contribution in [3.05, 3.63) is 22.8 Å². The van der Waals surface area contributed by atoms with Gasteiger partial charge in [-0.05, 0) is 105 Å². The summed E-state index contributed by atoms with van der Waals surface area (Å²) in [6.07, 6.45) is -34.1. The fourth-order valence-corrected chi connectivity index (χ4v) is 17.1. The molecule has 5 heterocycles. The third-order valence-corrected chi connectivity index (χ3v) is 22.1. The number of aliphatic hydroxyl groups is 14. The Kier molecular flexibility index (Phi) is 23.6. The van der Waals surface area contributed by atoms with Crippen molar-refractivity contribution in [1.82, 2.24) is 10.6 Å². The van der Waals surface area contributed by atoms with Gasteiger partial charge in [0.05, 0.1) is 50.8 Å². The molecule has 9 rings (SSSR count). The highest BCUT2D eigenvalue weighted by Crippen LogP contribution is 2.70. The summed E-state index contributed by atoms with van der Waals surface area (Å²) in [7, 11) is 1.70. The number of amides is 2. The molecular weight excluding hydrogens is 1230 g/mol. The van der Waals surface area contributed by atoms with Crippen LogP contribution in [0.5, 0.6) is 0 Å². The van der Waals surface area contributed by atoms with Crippen molar-refractivity contribution in [3.8, 4) is 0 Å². The van der Waals surface area contributed by atoms with E-state index in [1.54, 1.807) is 13.2 Å². The molecule has 30 heteroatoms. The van der Waals surface area contributed by atoms with E-state index in [0.29, 0.717) is 51.4 Å². The molecule has 9 aliphatic rings. The third-order valence-electron chi connectivity index (χ3n) is 22.1. The fraction of sp³-hybridized carbons (Fsp3) is 0.889. The maximum Gasteiger partial charge on any atom is 0.217 e. The molecule has 32 atom stereocenters. The average molecular weight is 1340 g/mol. The number of carbonyl (C=O) groups is 3. The van der Waals surface area contributed by atoms with Gasteiger partial charge in [-0.1, -0.05) is 40.2 Å². The SMILES string of the molecule is CO[C@@H]1C[C@H]([C@H](C)CC(=O)C=C(C)C)[C@@]2(C)CC[C@@]3(O)C(=C12)CC[C@H]1C(C)(C)[C@@H](O[C@@H]2OC[C@H](O[C@@H]4O[C@H](CO)[C@H](O)[C@H](O)[C@H]4NC(C)=O)[C@H](O)[C@H]2O[C@@H]2O[C@H](CO[C@H]4O[C@H](CO)[C@@H](O)[C@H](O)[C@@H]4O[C@@H]4O[C@H](CO)[C@@H](O)[C@H](O)[C@H]4O)[C@@H](O)[C@H](O)[C@H]2NC(C)=O)CC[C@@]13C. The molecule has 93 heavy (non-hydrogen) atoms. The number of methoxy groups -OCH3 is 1. The zero-order valence-corrected chi connectivity index (χ0v) is 54.5. The summed E-state index contributed by atoms with van der Waals surface area (Å²) in [6.45, 7) is 12.8. The molecule has 3 saturated carbocycles. The predicted molar refractivity (Wildman–Crippen MR) is 317 cm³/mol. The van der Waals surface area contributed by atoms with Gasteiger partial charge >= 0.3 is 0 Å². The van der Waals surface area contributed by atoms with E-state index in [4.69, 9.17) is 52.1 Å². The Labute approximate surface area is 540 Å². The summed E-state index contributed by atoms with van der Waals surface area (Å²) in [6, 6.07) is -3.13. The molecule has 0 aromatic rings. The molecule has 16 N–H and O–H groups in total. The highest BCUT2D eigenvalue weighted by molar-refractivity contribution is 5.90. The number of carbonyl (C=O) groups excluding carboxylic acids is 3. The Morgan fingerprint density at radius 2 is 1.14 bits per heavy atom. The maximum absolute atomic E-state index is 13.6. The summed E-state index contributed by atoms with van der Waals surface area (Å²) in [5, 5.41) is 161. The van der Waals surface area contributed by atoms with Crippen LogP contribution in [0.2, 0.25) is 0 Å². The van der Waals surface area contributed by atoms with Crippen LogP contribution in [0.15, 0.2) is 22.8 Å². The lowest BCUT2D eigenvalue weighted by molar-refractivity contribution is -0.380. The first-order chi connectivity index (χ1) is 43.7. The summed E-state index contributed by atoms with van der Waals surface area (Å²) in [5.41, 5.74) is -0.0157. The van der Waals surface area contributed by atoms with Gasteiger partial charge in [-0.2, -0.15) is 0 Å². The van der Waals surface area contributed by atoms with Crippen LogP contribution >= 0.6 is 0 Å². The molecule has 0 aromatic heterocycles. The molecule has 532 valence electrons. The van der Waals surface area contributed by atoms with Crippen molar-refractivity contribution in [1.29, 1.82) is 0 Å². The van der Waals surface area contributed by atoms with E-state index in [-0.39, 0.29) is 35.1 Å². The number of ether oxygens (including phenoxy) is 11. The van der Waals surface area contributed by atoms with Gasteiger partial charge in [0.15, 0.2) is 37.2 Å². The van der Waals surface area contributed by atoms with Gasteiger partial charge in [0.2, 0.25) is 11.8 Å². The number of nitrogens with one attached hydrogen (secondary N) is 2. The highest BCUT2D eigenvalue weighted by Gasteiger charge is 2.68. The number of allylic oxidation sites excluding steroid dienone is 2. The Morgan fingerprint density at radius 3 is 1.72 bits per heavy atom. The molecule has 8 fully saturated rings. The van der Waals surface area contributed by atoms with E-state index in [1.165, 1.54) is 0 Å². The summed E-state index contributed by atoms with van der Waals surface area (Å²) in [4.78, 5) is 38.6. The topological polar surface area (TPSA) is 460 Å². The van der Waals surface area contributed by atoms with Crippen LogP contribution in [0.1, 0.15) is 114 Å². The summed E-state index contributed by atoms with van der Waals surface area (Å²) >= 11 is 0. The first-order valence-corrected chi connectivity index (χ1v) is 32.5. The number of hydrogen-bond acceptors (Lipinski definition) is 28. The first-order valence-electron chi connectivity index (χ1n) is 32.5. The second-order valence-corrected chi connectivity index (χ2v) is 28.6. The average Bonchev–Trinajstić information content (AvgIpc) is 1.67. The van der Waals surface area contributed by atoms with Crippen LogP contribution in [-0.2, 0) is 66.5 Å². The smallest absolute Gasteiger partial charge is 0.217 e. The van der Waals surface area contributed by atoms with Crippen LogP contribution in [-0.4, -0.2) is 294 Å². The van der Waals surface area contributed by atoms with Crippen molar-refractivity contribution in [2.75, 3.05) is 40.1 Å². The standard InChI is InChI=1S/C63H102N2O28/c1-25(2)17-29(71)18-26(3)31-19-32(83-10)40-30-11-12-38-60(6,7)39(13-14-62(38,9)63(30,82)16-15-61(31,40)8)91-59-53(47(76)37(24-85-59)90-55-41(64-27(4)69)48(77)43(72)33(20-66)86-55)92-56-42(65-28(5)70)49(78)46(75)36(89-56)23-84-58-54(51(80)45(74)35(22-68)88-58)93-57-52(81)50(79)44(73)34(21-67)87-57/h17,26,31-39,41-59,66-68,72-82H,11-16,18-24H2,1-10H3,(H,64,69)(H,65,70)/t26-,31-,32-,33-,34-,35-,36-,37+,38+,39+,41-,42-,43+,44-,45-,46-,47+,48-,49-,50+,51+,52-,53-,54+,55+,56+,57+,58+,59+,61-,62+,63-/m1/s1. The lowest BCUT2D eigenvalue weighted by Gasteiger charge is -2.65. The molecule has 0 bridgehead atoms. The minimum atomic E-state index is -2.00. The highest BCUT2D eigenvalue weighted by atomic mass is 16.8. The number of ketones is 1. The zero-order valence-electron chi connectivity index (χ0n) is 54.5. The number of rotatable bonds is 21. The van der Waals surface area contributed by atoms with Crippen molar-refractivity contribution < 1.29 is 138 Å². The fourth-order valence-electron chi connectivity index (χ4n) is 17.1. The van der Waals surface area contributed by atoms with Gasteiger partial charge < -0.3 is 134 Å². The molecule has 2 amide bonds.